The van der Waals surface area contributed by atoms with Gasteiger partial charge in [-0.1, -0.05) is 11.6 Å². The van der Waals surface area contributed by atoms with Gasteiger partial charge in [0, 0.05) is 0 Å². The molecule has 0 atom stereocenters. The number of anilines is 1. The third kappa shape index (κ3) is 1.55. The van der Waals surface area contributed by atoms with Crippen LogP contribution in [0.2, 0.25) is 5.02 Å². The largest absolute Gasteiger partial charge is 0.478 e. The average Bonchev–Trinajstić information content (AvgIpc) is 2.07. The van der Waals surface area contributed by atoms with Crippen LogP contribution in [0, 0.1) is 11.6 Å². The maximum Gasteiger partial charge on any atom is 0.337 e. The molecule has 70 valence electrons. The number of halogens is 3. The highest BCUT2D eigenvalue weighted by atomic mass is 35.5. The van der Waals surface area contributed by atoms with E-state index >= 15 is 0 Å². The SMILES string of the molecule is Nc1c(F)c(F)cc(C(=O)O)c1Cl. The van der Waals surface area contributed by atoms with Gasteiger partial charge in [-0.3, -0.25) is 0 Å². The fourth-order valence-electron chi connectivity index (χ4n) is 0.779. The van der Waals surface area contributed by atoms with Gasteiger partial charge in [-0.15, -0.1) is 0 Å². The molecule has 1 rings (SSSR count). The van der Waals surface area contributed by atoms with Gasteiger partial charge in [0.05, 0.1) is 16.3 Å². The van der Waals surface area contributed by atoms with Crippen LogP contribution < -0.4 is 5.73 Å². The standard InChI is InChI=1S/C7H4ClF2NO2/c8-4-2(7(12)13)1-3(9)5(10)6(4)11/h1H,11H2,(H,12,13). The zero-order valence-electron chi connectivity index (χ0n) is 6.14. The minimum Gasteiger partial charge on any atom is -0.478 e. The van der Waals surface area contributed by atoms with Crippen molar-refractivity contribution in [2.75, 3.05) is 5.73 Å². The van der Waals surface area contributed by atoms with Crippen molar-refractivity contribution in [1.29, 1.82) is 0 Å². The Morgan fingerprint density at radius 2 is 2.08 bits per heavy atom. The lowest BCUT2D eigenvalue weighted by Gasteiger charge is -2.04. The van der Waals surface area contributed by atoms with Gasteiger partial charge in [0.25, 0.3) is 0 Å². The first-order valence-corrected chi connectivity index (χ1v) is 3.49. The first-order valence-electron chi connectivity index (χ1n) is 3.11. The second-order valence-corrected chi connectivity index (χ2v) is 2.63. The van der Waals surface area contributed by atoms with Gasteiger partial charge in [0.15, 0.2) is 11.6 Å². The van der Waals surface area contributed by atoms with Crippen LogP contribution in [-0.2, 0) is 0 Å². The Morgan fingerprint density at radius 3 is 2.54 bits per heavy atom. The predicted molar refractivity (Wildman–Crippen MR) is 42.7 cm³/mol. The van der Waals surface area contributed by atoms with E-state index in [1.807, 2.05) is 0 Å². The van der Waals surface area contributed by atoms with E-state index in [2.05, 4.69) is 0 Å². The number of hydrogen-bond acceptors (Lipinski definition) is 2. The Hall–Kier alpha value is -1.36. The molecular weight excluding hydrogens is 204 g/mol. The van der Waals surface area contributed by atoms with Gasteiger partial charge >= 0.3 is 5.97 Å². The highest BCUT2D eigenvalue weighted by Gasteiger charge is 2.18. The van der Waals surface area contributed by atoms with E-state index in [-0.39, 0.29) is 0 Å². The Morgan fingerprint density at radius 1 is 1.54 bits per heavy atom. The Balaban J connectivity index is 3.50. The van der Waals surface area contributed by atoms with Crippen LogP contribution in [0.3, 0.4) is 0 Å². The molecule has 0 fully saturated rings. The lowest BCUT2D eigenvalue weighted by atomic mass is 10.2. The molecule has 3 N–H and O–H groups in total. The lowest BCUT2D eigenvalue weighted by Crippen LogP contribution is -2.04. The predicted octanol–water partition coefficient (Wildman–Crippen LogP) is 1.90. The van der Waals surface area contributed by atoms with Crippen molar-refractivity contribution in [3.8, 4) is 0 Å². The maximum absolute atomic E-state index is 12.7. The monoisotopic (exact) mass is 207 g/mol. The average molecular weight is 208 g/mol. The molecule has 3 nitrogen and oxygen atoms in total. The van der Waals surface area contributed by atoms with Gasteiger partial charge in [-0.05, 0) is 6.07 Å². The molecule has 0 unspecified atom stereocenters. The Kier molecular flexibility index (Phi) is 2.38. The van der Waals surface area contributed by atoms with Crippen molar-refractivity contribution in [2.24, 2.45) is 0 Å². The molecule has 0 heterocycles. The molecule has 0 aliphatic heterocycles. The number of nitrogens with two attached hydrogens (primary N) is 1. The van der Waals surface area contributed by atoms with Gasteiger partial charge in [-0.2, -0.15) is 0 Å². The summed E-state index contributed by atoms with van der Waals surface area (Å²) in [5, 5.41) is 7.98. The fourth-order valence-corrected chi connectivity index (χ4v) is 0.998. The molecule has 0 radical (unpaired) electrons. The van der Waals surface area contributed by atoms with Crippen molar-refractivity contribution < 1.29 is 18.7 Å². The van der Waals surface area contributed by atoms with Crippen LogP contribution in [0.1, 0.15) is 10.4 Å². The van der Waals surface area contributed by atoms with Crippen molar-refractivity contribution in [2.45, 2.75) is 0 Å². The van der Waals surface area contributed by atoms with Gasteiger partial charge in [0.2, 0.25) is 0 Å². The molecule has 0 amide bonds. The summed E-state index contributed by atoms with van der Waals surface area (Å²) in [4.78, 5) is 10.4. The van der Waals surface area contributed by atoms with Crippen molar-refractivity contribution in [3.05, 3.63) is 28.3 Å². The normalized spacial score (nSPS) is 10.1. The smallest absolute Gasteiger partial charge is 0.337 e. The number of carboxylic acid groups (broad SMARTS) is 1. The van der Waals surface area contributed by atoms with Crippen LogP contribution in [0.4, 0.5) is 14.5 Å². The third-order valence-corrected chi connectivity index (χ3v) is 1.83. The van der Waals surface area contributed by atoms with Crippen LogP contribution >= 0.6 is 11.6 Å². The number of carboxylic acids is 1. The summed E-state index contributed by atoms with van der Waals surface area (Å²) < 4.78 is 25.3. The molecule has 1 aromatic rings. The topological polar surface area (TPSA) is 63.3 Å². The summed E-state index contributed by atoms with van der Waals surface area (Å²) in [7, 11) is 0. The second kappa shape index (κ2) is 3.18. The fraction of sp³-hybridized carbons (Fsp3) is 0. The molecule has 0 bridgehead atoms. The Bertz CT molecular complexity index is 381. The van der Waals surface area contributed by atoms with Crippen molar-refractivity contribution in [1.82, 2.24) is 0 Å². The maximum atomic E-state index is 12.7. The lowest BCUT2D eigenvalue weighted by molar-refractivity contribution is 0.0696. The first kappa shape index (κ1) is 9.73. The third-order valence-electron chi connectivity index (χ3n) is 1.42. The van der Waals surface area contributed by atoms with Gasteiger partial charge < -0.3 is 10.8 Å². The minimum atomic E-state index is -1.46. The molecule has 0 aliphatic rings. The molecule has 0 spiro atoms. The number of hydrogen-bond donors (Lipinski definition) is 2. The van der Waals surface area contributed by atoms with E-state index in [9.17, 15) is 13.6 Å². The molecule has 0 saturated carbocycles. The van der Waals surface area contributed by atoms with Gasteiger partial charge in [0.1, 0.15) is 0 Å². The molecule has 6 heteroatoms. The van der Waals surface area contributed by atoms with Crippen molar-refractivity contribution in [3.63, 3.8) is 0 Å². The molecular formula is C7H4ClF2NO2. The molecule has 13 heavy (non-hydrogen) atoms. The minimum absolute atomic E-state index is 0.482. The van der Waals surface area contributed by atoms with Crippen LogP contribution in [0.5, 0.6) is 0 Å². The van der Waals surface area contributed by atoms with E-state index in [0.29, 0.717) is 6.07 Å². The molecule has 0 saturated heterocycles. The number of carbonyl (C=O) groups is 1. The first-order chi connectivity index (χ1) is 5.95. The number of rotatable bonds is 1. The quantitative estimate of drug-likeness (QED) is 0.546. The van der Waals surface area contributed by atoms with E-state index in [0.717, 1.165) is 0 Å². The van der Waals surface area contributed by atoms with E-state index < -0.39 is 33.9 Å². The van der Waals surface area contributed by atoms with Crippen molar-refractivity contribution >= 4 is 23.3 Å². The number of benzene rings is 1. The number of nitrogen functional groups attached to an aromatic ring is 1. The van der Waals surface area contributed by atoms with Crippen LogP contribution in [0.15, 0.2) is 6.07 Å². The summed E-state index contributed by atoms with van der Waals surface area (Å²) >= 11 is 5.35. The van der Waals surface area contributed by atoms with Gasteiger partial charge in [-0.25, -0.2) is 13.6 Å². The summed E-state index contributed by atoms with van der Waals surface area (Å²) in [6.45, 7) is 0. The summed E-state index contributed by atoms with van der Waals surface area (Å²) in [6.07, 6.45) is 0. The Labute approximate surface area is 76.7 Å². The molecule has 0 aromatic heterocycles. The highest BCUT2D eigenvalue weighted by molar-refractivity contribution is 6.36. The highest BCUT2D eigenvalue weighted by Crippen LogP contribution is 2.28. The van der Waals surface area contributed by atoms with E-state index in [1.54, 1.807) is 0 Å². The second-order valence-electron chi connectivity index (χ2n) is 2.25. The number of aromatic carboxylic acids is 1. The summed E-state index contributed by atoms with van der Waals surface area (Å²) in [5.74, 6) is -4.13. The zero-order chi connectivity index (χ0) is 10.2. The van der Waals surface area contributed by atoms with Crippen LogP contribution in [0.25, 0.3) is 0 Å². The molecule has 0 aliphatic carbocycles. The molecule has 1 aromatic carbocycles. The van der Waals surface area contributed by atoms with E-state index in [1.165, 1.54) is 0 Å². The summed E-state index contributed by atoms with van der Waals surface area (Å²) in [6, 6.07) is 0.482. The zero-order valence-corrected chi connectivity index (χ0v) is 6.90. The summed E-state index contributed by atoms with van der Waals surface area (Å²) in [5.41, 5.74) is 3.76. The van der Waals surface area contributed by atoms with E-state index in [4.69, 9.17) is 22.4 Å². The van der Waals surface area contributed by atoms with Crippen LogP contribution in [-0.4, -0.2) is 11.1 Å².